The van der Waals surface area contributed by atoms with Crippen LogP contribution in [0.3, 0.4) is 0 Å². The Bertz CT molecular complexity index is 1510. The first-order valence-corrected chi connectivity index (χ1v) is 18.3. The van der Waals surface area contributed by atoms with Crippen LogP contribution in [-0.2, 0) is 32.2 Å². The first-order chi connectivity index (χ1) is 24.4. The van der Waals surface area contributed by atoms with E-state index in [1.165, 1.54) is 25.7 Å². The molecule has 9 nitrogen and oxygen atoms in total. The van der Waals surface area contributed by atoms with E-state index in [2.05, 4.69) is 22.1 Å². The van der Waals surface area contributed by atoms with Gasteiger partial charge in [0.2, 0.25) is 11.8 Å². The minimum Gasteiger partial charge on any atom is -0.397 e. The predicted octanol–water partition coefficient (Wildman–Crippen LogP) is 7.33. The van der Waals surface area contributed by atoms with Crippen molar-refractivity contribution in [2.75, 3.05) is 24.1 Å². The second-order valence-electron chi connectivity index (χ2n) is 13.6. The summed E-state index contributed by atoms with van der Waals surface area (Å²) < 4.78 is 13.2. The molecule has 1 aliphatic heterocycles. The molecule has 9 heteroatoms. The largest absolute Gasteiger partial charge is 0.397 e. The molecule has 3 aromatic rings. The standard InChI is InChI=1S/C41H54N4O5/c1-2-25-45(34-11-7-8-12-34)28-35-26-38(32-21-19-31(29-46)20-22-32)50-41(49-35)33-23-17-30(18-24-33)27-43-39(47)15-5-3-4-6-16-40(48)44-37-14-10-9-13-36(37)42/h2,9-10,13-14,17-24,34-35,38,41,46H,1,3-8,11-12,15-16,25-29,42H2,(H,43,47)(H,44,48)/t35-,38+,41+/m1/s1. The van der Waals surface area contributed by atoms with Crippen molar-refractivity contribution in [2.24, 2.45) is 0 Å². The summed E-state index contributed by atoms with van der Waals surface area (Å²) in [7, 11) is 0. The van der Waals surface area contributed by atoms with E-state index in [1.54, 1.807) is 12.1 Å². The summed E-state index contributed by atoms with van der Waals surface area (Å²) in [5.74, 6) is -0.0227. The number of benzene rings is 3. The zero-order valence-corrected chi connectivity index (χ0v) is 29.2. The normalized spacial score (nSPS) is 19.4. The van der Waals surface area contributed by atoms with Crippen LogP contribution in [0.25, 0.3) is 0 Å². The van der Waals surface area contributed by atoms with Gasteiger partial charge in [-0.15, -0.1) is 6.58 Å². The molecule has 3 atom stereocenters. The summed E-state index contributed by atoms with van der Waals surface area (Å²) in [6.07, 6.45) is 11.3. The molecule has 268 valence electrons. The first-order valence-electron chi connectivity index (χ1n) is 18.3. The van der Waals surface area contributed by atoms with Gasteiger partial charge in [-0.1, -0.05) is 92.4 Å². The second kappa shape index (κ2) is 19.4. The summed E-state index contributed by atoms with van der Waals surface area (Å²) in [5, 5.41) is 15.4. The third kappa shape index (κ3) is 11.3. The lowest BCUT2D eigenvalue weighted by atomic mass is 9.99. The molecule has 1 aliphatic carbocycles. The average Bonchev–Trinajstić information content (AvgIpc) is 3.68. The van der Waals surface area contributed by atoms with E-state index >= 15 is 0 Å². The van der Waals surface area contributed by atoms with Gasteiger partial charge in [0.1, 0.15) is 0 Å². The van der Waals surface area contributed by atoms with E-state index < -0.39 is 6.29 Å². The van der Waals surface area contributed by atoms with Crippen LogP contribution in [0.15, 0.2) is 85.5 Å². The van der Waals surface area contributed by atoms with Gasteiger partial charge in [-0.2, -0.15) is 0 Å². The van der Waals surface area contributed by atoms with Crippen LogP contribution in [0.2, 0.25) is 0 Å². The van der Waals surface area contributed by atoms with Crippen LogP contribution in [0.1, 0.15) is 105 Å². The highest BCUT2D eigenvalue weighted by atomic mass is 16.7. The van der Waals surface area contributed by atoms with Crippen molar-refractivity contribution < 1.29 is 24.2 Å². The van der Waals surface area contributed by atoms with E-state index in [-0.39, 0.29) is 30.6 Å². The minimum absolute atomic E-state index is 0.0124. The fourth-order valence-corrected chi connectivity index (χ4v) is 6.93. The Morgan fingerprint density at radius 3 is 2.20 bits per heavy atom. The van der Waals surface area contributed by atoms with E-state index in [4.69, 9.17) is 15.2 Å². The van der Waals surface area contributed by atoms with E-state index in [0.717, 1.165) is 67.4 Å². The maximum Gasteiger partial charge on any atom is 0.224 e. The number of ether oxygens (including phenoxy) is 2. The molecule has 0 spiro atoms. The van der Waals surface area contributed by atoms with Crippen LogP contribution in [0, 0.1) is 0 Å². The maximum atomic E-state index is 12.5. The molecule has 2 fully saturated rings. The van der Waals surface area contributed by atoms with Crippen molar-refractivity contribution in [2.45, 2.75) is 108 Å². The topological polar surface area (TPSA) is 126 Å². The first kappa shape index (κ1) is 37.2. The number of anilines is 2. The van der Waals surface area contributed by atoms with Gasteiger partial charge in [-0.05, 0) is 54.5 Å². The molecule has 1 saturated heterocycles. The molecule has 5 rings (SSSR count). The molecule has 2 aliphatic rings. The molecule has 2 amide bonds. The summed E-state index contributed by atoms with van der Waals surface area (Å²) >= 11 is 0. The molecule has 1 saturated carbocycles. The van der Waals surface area contributed by atoms with Crippen LogP contribution in [-0.4, -0.2) is 47.1 Å². The lowest BCUT2D eigenvalue weighted by Crippen LogP contribution is -2.43. The predicted molar refractivity (Wildman–Crippen MR) is 198 cm³/mol. The fourth-order valence-electron chi connectivity index (χ4n) is 6.93. The molecule has 50 heavy (non-hydrogen) atoms. The quantitative estimate of drug-likeness (QED) is 0.0629. The number of nitrogens with one attached hydrogen (secondary N) is 2. The van der Waals surface area contributed by atoms with Crippen LogP contribution < -0.4 is 16.4 Å². The number of aliphatic hydroxyl groups excluding tert-OH is 1. The van der Waals surface area contributed by atoms with Crippen molar-refractivity contribution >= 4 is 23.2 Å². The molecular weight excluding hydrogens is 628 g/mol. The fraction of sp³-hybridized carbons (Fsp3) is 0.463. The second-order valence-corrected chi connectivity index (χ2v) is 13.6. The number of nitrogen functional groups attached to an aromatic ring is 1. The number of hydrogen-bond acceptors (Lipinski definition) is 7. The Morgan fingerprint density at radius 2 is 1.52 bits per heavy atom. The minimum atomic E-state index is -0.517. The van der Waals surface area contributed by atoms with Gasteiger partial charge in [0.15, 0.2) is 6.29 Å². The number of aliphatic hydroxyl groups is 1. The van der Waals surface area contributed by atoms with Crippen molar-refractivity contribution in [1.29, 1.82) is 0 Å². The monoisotopic (exact) mass is 682 g/mol. The number of hydrogen-bond donors (Lipinski definition) is 4. The zero-order valence-electron chi connectivity index (χ0n) is 29.2. The van der Waals surface area contributed by atoms with Crippen molar-refractivity contribution in [3.05, 3.63) is 108 Å². The van der Waals surface area contributed by atoms with E-state index in [0.29, 0.717) is 36.8 Å². The van der Waals surface area contributed by atoms with Gasteiger partial charge < -0.3 is 30.9 Å². The summed E-state index contributed by atoms with van der Waals surface area (Å²) in [5.41, 5.74) is 11.0. The maximum absolute atomic E-state index is 12.5. The third-order valence-corrected chi connectivity index (χ3v) is 9.79. The molecular formula is C41H54N4O5. The smallest absolute Gasteiger partial charge is 0.224 e. The van der Waals surface area contributed by atoms with Gasteiger partial charge in [-0.25, -0.2) is 0 Å². The number of para-hydroxylation sites is 2. The zero-order chi connectivity index (χ0) is 35.1. The van der Waals surface area contributed by atoms with Crippen molar-refractivity contribution in [3.8, 4) is 0 Å². The highest BCUT2D eigenvalue weighted by molar-refractivity contribution is 5.93. The molecule has 5 N–H and O–H groups in total. The number of amides is 2. The van der Waals surface area contributed by atoms with Gasteiger partial charge in [0, 0.05) is 50.5 Å². The summed E-state index contributed by atoms with van der Waals surface area (Å²) in [4.78, 5) is 27.2. The Kier molecular flexibility index (Phi) is 14.4. The highest BCUT2D eigenvalue weighted by Crippen LogP contribution is 2.39. The SMILES string of the molecule is C=CCN(C[C@H]1C[C@@H](c2ccc(CO)cc2)O[C@@H](c2ccc(CNC(=O)CCCCCCC(=O)Nc3ccccc3N)cc2)O1)C1CCCC1. The van der Waals surface area contributed by atoms with Gasteiger partial charge in [0.25, 0.3) is 0 Å². The Hall–Kier alpha value is -4.02. The third-order valence-electron chi connectivity index (χ3n) is 9.79. The average molecular weight is 683 g/mol. The van der Waals surface area contributed by atoms with Crippen LogP contribution >= 0.6 is 0 Å². The molecule has 0 bridgehead atoms. The van der Waals surface area contributed by atoms with Gasteiger partial charge >= 0.3 is 0 Å². The molecule has 3 aromatic carbocycles. The lowest BCUT2D eigenvalue weighted by Gasteiger charge is -2.39. The van der Waals surface area contributed by atoms with E-state index in [1.807, 2.05) is 66.7 Å². The molecule has 0 unspecified atom stereocenters. The Labute approximate surface area is 297 Å². The number of carbonyl (C=O) groups is 2. The Balaban J connectivity index is 1.08. The number of unbranched alkanes of at least 4 members (excludes halogenated alkanes) is 3. The van der Waals surface area contributed by atoms with Crippen molar-refractivity contribution in [1.82, 2.24) is 10.2 Å². The van der Waals surface area contributed by atoms with Crippen molar-refractivity contribution in [3.63, 3.8) is 0 Å². The lowest BCUT2D eigenvalue weighted by molar-refractivity contribution is -0.253. The van der Waals surface area contributed by atoms with Crippen LogP contribution in [0.4, 0.5) is 11.4 Å². The van der Waals surface area contributed by atoms with E-state index in [9.17, 15) is 14.7 Å². The summed E-state index contributed by atoms with van der Waals surface area (Å²) in [6.45, 7) is 6.15. The number of rotatable bonds is 18. The molecule has 0 aromatic heterocycles. The number of nitrogens with zero attached hydrogens (tertiary/aromatic N) is 1. The van der Waals surface area contributed by atoms with Gasteiger partial charge in [-0.3, -0.25) is 14.5 Å². The Morgan fingerprint density at radius 1 is 0.860 bits per heavy atom. The van der Waals surface area contributed by atoms with Crippen LogP contribution in [0.5, 0.6) is 0 Å². The highest BCUT2D eigenvalue weighted by Gasteiger charge is 2.34. The number of nitrogens with two attached hydrogens (primary N) is 1. The number of carbonyl (C=O) groups excluding carboxylic acids is 2. The van der Waals surface area contributed by atoms with Gasteiger partial charge in [0.05, 0.1) is 30.2 Å². The molecule has 0 radical (unpaired) electrons. The summed E-state index contributed by atoms with van der Waals surface area (Å²) in [6, 6.07) is 23.9. The molecule has 1 heterocycles.